The van der Waals surface area contributed by atoms with E-state index >= 15 is 0 Å². The number of halogens is 1. The van der Waals surface area contributed by atoms with Gasteiger partial charge in [-0.25, -0.2) is 4.39 Å². The molecule has 1 aromatic heterocycles. The van der Waals surface area contributed by atoms with Crippen molar-refractivity contribution in [3.8, 4) is 0 Å². The zero-order chi connectivity index (χ0) is 18.2. The van der Waals surface area contributed by atoms with Crippen LogP contribution >= 0.6 is 11.8 Å². The molecule has 6 heteroatoms. The number of aryl methyl sites for hydroxylation is 2. The van der Waals surface area contributed by atoms with Gasteiger partial charge in [-0.3, -0.25) is 9.79 Å². The molecule has 0 radical (unpaired) electrons. The second-order valence-electron chi connectivity index (χ2n) is 6.59. The van der Waals surface area contributed by atoms with Crippen LogP contribution in [0.2, 0.25) is 0 Å². The Balaban J connectivity index is 1.89. The van der Waals surface area contributed by atoms with Crippen LogP contribution in [-0.4, -0.2) is 16.7 Å². The summed E-state index contributed by atoms with van der Waals surface area (Å²) in [6, 6.07) is 6.50. The van der Waals surface area contributed by atoms with Crippen molar-refractivity contribution in [1.82, 2.24) is 0 Å². The molecule has 0 saturated heterocycles. The van der Waals surface area contributed by atoms with Crippen LogP contribution in [-0.2, 0) is 12.0 Å². The maximum absolute atomic E-state index is 14.4. The Hall–Kier alpha value is -2.08. The predicted octanol–water partition coefficient (Wildman–Crippen LogP) is 4.13. The van der Waals surface area contributed by atoms with E-state index in [1.165, 1.54) is 17.8 Å². The van der Waals surface area contributed by atoms with Crippen LogP contribution in [0.3, 0.4) is 0 Å². The summed E-state index contributed by atoms with van der Waals surface area (Å²) in [5.74, 6) is 1.41. The van der Waals surface area contributed by atoms with E-state index < -0.39 is 5.54 Å². The van der Waals surface area contributed by atoms with Gasteiger partial charge in [0.15, 0.2) is 10.9 Å². The Morgan fingerprint density at radius 3 is 2.80 bits per heavy atom. The quantitative estimate of drug-likeness (QED) is 0.833. The molecule has 4 nitrogen and oxygen atoms in total. The number of aliphatic imine (C=N–C) groups is 1. The second-order valence-corrected chi connectivity index (χ2v) is 7.70. The van der Waals surface area contributed by atoms with Crippen LogP contribution in [0.1, 0.15) is 46.3 Å². The van der Waals surface area contributed by atoms with Gasteiger partial charge in [0.1, 0.15) is 11.6 Å². The lowest BCUT2D eigenvalue weighted by Crippen LogP contribution is -2.29. The molecule has 1 aromatic carbocycles. The molecule has 1 aliphatic heterocycles. The molecule has 3 rings (SSSR count). The van der Waals surface area contributed by atoms with Crippen LogP contribution in [0.15, 0.2) is 33.7 Å². The molecule has 2 N–H and O–H groups in total. The summed E-state index contributed by atoms with van der Waals surface area (Å²) in [5, 5.41) is 0.469. The van der Waals surface area contributed by atoms with Gasteiger partial charge >= 0.3 is 0 Å². The normalized spacial score (nSPS) is 20.4. The highest BCUT2D eigenvalue weighted by atomic mass is 32.2. The standard InChI is InChI=1S/C19H21FN2O2S/c1-11-8-17(24-12(11)2)16(23)10-13-4-5-15(20)14(9-13)19(3)6-7-25-18(21)22-19/h4-5,8-9H,6-7,10H2,1-3H3,(H2,21,22)/t19-/m0/s1. The Morgan fingerprint density at radius 2 is 2.16 bits per heavy atom. The minimum atomic E-state index is -0.698. The third-order valence-electron chi connectivity index (χ3n) is 4.61. The molecule has 1 aliphatic rings. The monoisotopic (exact) mass is 360 g/mol. The largest absolute Gasteiger partial charge is 0.458 e. The van der Waals surface area contributed by atoms with Crippen molar-refractivity contribution in [2.24, 2.45) is 10.7 Å². The fraction of sp³-hybridized carbons (Fsp3) is 0.368. The molecule has 0 fully saturated rings. The number of hydrogen-bond acceptors (Lipinski definition) is 5. The van der Waals surface area contributed by atoms with Crippen molar-refractivity contribution in [2.45, 2.75) is 39.2 Å². The number of carbonyl (C=O) groups is 1. The maximum Gasteiger partial charge on any atom is 0.202 e. The Bertz CT molecular complexity index is 840. The summed E-state index contributed by atoms with van der Waals surface area (Å²) in [6.45, 7) is 5.60. The van der Waals surface area contributed by atoms with E-state index in [0.717, 1.165) is 22.6 Å². The molecule has 0 spiro atoms. The molecule has 132 valence electrons. The molecule has 1 atom stereocenters. The minimum absolute atomic E-state index is 0.124. The van der Waals surface area contributed by atoms with E-state index in [4.69, 9.17) is 10.2 Å². The van der Waals surface area contributed by atoms with Gasteiger partial charge in [-0.1, -0.05) is 17.8 Å². The van der Waals surface area contributed by atoms with Crippen LogP contribution in [0, 0.1) is 19.7 Å². The highest BCUT2D eigenvalue weighted by Crippen LogP contribution is 2.36. The number of carbonyl (C=O) groups excluding carboxylic acids is 1. The zero-order valence-corrected chi connectivity index (χ0v) is 15.4. The third-order valence-corrected chi connectivity index (χ3v) is 5.41. The van der Waals surface area contributed by atoms with Crippen LogP contribution in [0.4, 0.5) is 4.39 Å². The highest BCUT2D eigenvalue weighted by Gasteiger charge is 2.32. The van der Waals surface area contributed by atoms with E-state index in [-0.39, 0.29) is 18.0 Å². The van der Waals surface area contributed by atoms with Gasteiger partial charge in [-0.2, -0.15) is 0 Å². The zero-order valence-electron chi connectivity index (χ0n) is 14.6. The Kier molecular flexibility index (Phi) is 4.73. The summed E-state index contributed by atoms with van der Waals surface area (Å²) in [7, 11) is 0. The van der Waals surface area contributed by atoms with Crippen molar-refractivity contribution in [3.63, 3.8) is 0 Å². The molecule has 0 amide bonds. The Labute approximate surface area is 150 Å². The second kappa shape index (κ2) is 6.67. The average molecular weight is 360 g/mol. The van der Waals surface area contributed by atoms with Crippen molar-refractivity contribution in [1.29, 1.82) is 0 Å². The number of thioether (sulfide) groups is 1. The lowest BCUT2D eigenvalue weighted by Gasteiger charge is -2.30. The van der Waals surface area contributed by atoms with E-state index in [9.17, 15) is 9.18 Å². The molecule has 2 aromatic rings. The van der Waals surface area contributed by atoms with Crippen LogP contribution < -0.4 is 5.73 Å². The molecule has 0 aliphatic carbocycles. The number of nitrogens with zero attached hydrogens (tertiary/aromatic N) is 1. The molecule has 25 heavy (non-hydrogen) atoms. The molecule has 2 heterocycles. The number of Topliss-reactive ketones (excluding diaryl/α,β-unsaturated/α-hetero) is 1. The van der Waals surface area contributed by atoms with E-state index in [2.05, 4.69) is 4.99 Å². The van der Waals surface area contributed by atoms with E-state index in [1.54, 1.807) is 18.2 Å². The number of hydrogen-bond donors (Lipinski definition) is 1. The van der Waals surface area contributed by atoms with Gasteiger partial charge in [0, 0.05) is 17.7 Å². The molecule has 0 saturated carbocycles. The van der Waals surface area contributed by atoms with Crippen LogP contribution in [0.25, 0.3) is 0 Å². The highest BCUT2D eigenvalue weighted by molar-refractivity contribution is 8.13. The van der Waals surface area contributed by atoms with Crippen molar-refractivity contribution in [3.05, 3.63) is 58.3 Å². The maximum atomic E-state index is 14.4. The van der Waals surface area contributed by atoms with Gasteiger partial charge in [0.05, 0.1) is 5.54 Å². The first-order valence-electron chi connectivity index (χ1n) is 8.16. The Morgan fingerprint density at radius 1 is 1.40 bits per heavy atom. The predicted molar refractivity (Wildman–Crippen MR) is 98.7 cm³/mol. The summed E-state index contributed by atoms with van der Waals surface area (Å²) in [4.78, 5) is 16.9. The first kappa shape index (κ1) is 17.7. The lowest BCUT2D eigenvalue weighted by atomic mass is 9.87. The summed E-state index contributed by atoms with van der Waals surface area (Å²) in [6.07, 6.45) is 0.854. The van der Waals surface area contributed by atoms with E-state index in [0.29, 0.717) is 22.9 Å². The smallest absolute Gasteiger partial charge is 0.202 e. The van der Waals surface area contributed by atoms with Gasteiger partial charge < -0.3 is 10.2 Å². The van der Waals surface area contributed by atoms with Crippen molar-refractivity contribution < 1.29 is 13.6 Å². The van der Waals surface area contributed by atoms with Gasteiger partial charge in [-0.15, -0.1) is 0 Å². The fourth-order valence-electron chi connectivity index (χ4n) is 2.96. The topological polar surface area (TPSA) is 68.6 Å². The number of furan rings is 1. The van der Waals surface area contributed by atoms with Crippen molar-refractivity contribution in [2.75, 3.05) is 5.75 Å². The first-order chi connectivity index (χ1) is 11.8. The van der Waals surface area contributed by atoms with Crippen molar-refractivity contribution >= 4 is 22.7 Å². The SMILES string of the molecule is Cc1cc(C(=O)Cc2ccc(F)c([C@]3(C)CCSC(N)=N3)c2)oc1C. The number of benzene rings is 1. The molecular formula is C19H21FN2O2S. The number of rotatable bonds is 4. The molecule has 0 unspecified atom stereocenters. The minimum Gasteiger partial charge on any atom is -0.458 e. The first-order valence-corrected chi connectivity index (χ1v) is 9.14. The van der Waals surface area contributed by atoms with E-state index in [1.807, 2.05) is 20.8 Å². The van der Waals surface area contributed by atoms with Crippen LogP contribution in [0.5, 0.6) is 0 Å². The molecule has 0 bridgehead atoms. The van der Waals surface area contributed by atoms with Gasteiger partial charge in [0.25, 0.3) is 0 Å². The van der Waals surface area contributed by atoms with Gasteiger partial charge in [-0.05, 0) is 56.5 Å². The summed E-state index contributed by atoms with van der Waals surface area (Å²) < 4.78 is 19.9. The third kappa shape index (κ3) is 3.63. The lowest BCUT2D eigenvalue weighted by molar-refractivity contribution is 0.0965. The average Bonchev–Trinajstić information content (AvgIpc) is 2.88. The number of amidine groups is 1. The van der Waals surface area contributed by atoms with Gasteiger partial charge in [0.2, 0.25) is 5.78 Å². The number of ketones is 1. The number of nitrogens with two attached hydrogens (primary N) is 1. The summed E-state index contributed by atoms with van der Waals surface area (Å²) >= 11 is 1.48. The molecular weight excluding hydrogens is 339 g/mol. The summed E-state index contributed by atoms with van der Waals surface area (Å²) in [5.41, 5.74) is 7.30. The fourth-order valence-corrected chi connectivity index (χ4v) is 3.93.